The Morgan fingerprint density at radius 2 is 2.15 bits per heavy atom. The van der Waals surface area contributed by atoms with E-state index in [9.17, 15) is 13.6 Å². The first-order valence-corrected chi connectivity index (χ1v) is 8.76. The highest BCUT2D eigenvalue weighted by atomic mass is 19.3. The van der Waals surface area contributed by atoms with Crippen LogP contribution >= 0.6 is 0 Å². The number of hydrogen-bond donors (Lipinski definition) is 0. The molecule has 0 N–H and O–H groups in total. The summed E-state index contributed by atoms with van der Waals surface area (Å²) in [5.41, 5.74) is 1.62. The van der Waals surface area contributed by atoms with Gasteiger partial charge < -0.3 is 9.64 Å². The molecule has 9 heteroatoms. The quantitative estimate of drug-likeness (QED) is 0.721. The molecule has 0 spiro atoms. The maximum atomic E-state index is 13.4. The minimum atomic E-state index is -2.51. The highest BCUT2D eigenvalue weighted by Gasteiger charge is 2.71. The third kappa shape index (κ3) is 3.07. The number of ether oxygens (including phenoxy) is 1. The SMILES string of the molecule is C=Cc1nc(N2CC3C(C2)C3(F)F)ccc1Cn1cc(C(=O)OCC)nn1. The van der Waals surface area contributed by atoms with Crippen molar-refractivity contribution in [3.8, 4) is 0 Å². The molecule has 27 heavy (non-hydrogen) atoms. The number of carbonyl (C=O) groups excluding carboxylic acids is 1. The molecule has 0 amide bonds. The second kappa shape index (κ2) is 6.40. The molecule has 142 valence electrons. The molecule has 1 aliphatic heterocycles. The van der Waals surface area contributed by atoms with E-state index in [0.717, 1.165) is 5.56 Å². The maximum Gasteiger partial charge on any atom is 0.360 e. The number of carbonyl (C=O) groups is 1. The van der Waals surface area contributed by atoms with Crippen LogP contribution in [0.1, 0.15) is 28.7 Å². The minimum Gasteiger partial charge on any atom is -0.461 e. The van der Waals surface area contributed by atoms with Gasteiger partial charge in [0.2, 0.25) is 0 Å². The van der Waals surface area contributed by atoms with E-state index in [4.69, 9.17) is 4.74 Å². The Morgan fingerprint density at radius 1 is 1.41 bits per heavy atom. The number of hydrogen-bond acceptors (Lipinski definition) is 6. The van der Waals surface area contributed by atoms with Gasteiger partial charge >= 0.3 is 5.97 Å². The third-order valence-corrected chi connectivity index (χ3v) is 5.07. The van der Waals surface area contributed by atoms with Gasteiger partial charge in [-0.15, -0.1) is 5.10 Å². The molecule has 1 saturated heterocycles. The second-order valence-electron chi connectivity index (χ2n) is 6.73. The van der Waals surface area contributed by atoms with Crippen molar-refractivity contribution < 1.29 is 18.3 Å². The fraction of sp³-hybridized carbons (Fsp3) is 0.444. The lowest BCUT2D eigenvalue weighted by atomic mass is 10.2. The molecule has 0 aromatic carbocycles. The van der Waals surface area contributed by atoms with Gasteiger partial charge in [0.25, 0.3) is 5.92 Å². The molecule has 3 heterocycles. The summed E-state index contributed by atoms with van der Waals surface area (Å²) in [6.07, 6.45) is 3.13. The number of halogens is 2. The number of alkyl halides is 2. The first kappa shape index (κ1) is 17.6. The summed E-state index contributed by atoms with van der Waals surface area (Å²) in [5, 5.41) is 7.74. The molecule has 0 bridgehead atoms. The Balaban J connectivity index is 1.48. The van der Waals surface area contributed by atoms with Crippen LogP contribution < -0.4 is 4.90 Å². The van der Waals surface area contributed by atoms with Crippen molar-refractivity contribution in [2.75, 3.05) is 24.6 Å². The second-order valence-corrected chi connectivity index (χ2v) is 6.73. The van der Waals surface area contributed by atoms with Crippen LogP contribution in [-0.4, -0.2) is 51.6 Å². The molecule has 2 aliphatic rings. The number of fused-ring (bicyclic) bond motifs is 1. The molecule has 2 fully saturated rings. The highest BCUT2D eigenvalue weighted by Crippen LogP contribution is 2.59. The Labute approximate surface area is 154 Å². The lowest BCUT2D eigenvalue weighted by molar-refractivity contribution is 0.0519. The molecular formula is C18H19F2N5O2. The molecule has 2 unspecified atom stereocenters. The molecule has 2 aromatic rings. The zero-order chi connectivity index (χ0) is 19.2. The Hall–Kier alpha value is -2.84. The number of anilines is 1. The zero-order valence-electron chi connectivity index (χ0n) is 14.8. The van der Waals surface area contributed by atoms with E-state index in [1.54, 1.807) is 13.0 Å². The van der Waals surface area contributed by atoms with Crippen molar-refractivity contribution in [2.24, 2.45) is 11.8 Å². The van der Waals surface area contributed by atoms with Crippen molar-refractivity contribution in [2.45, 2.75) is 19.4 Å². The summed E-state index contributed by atoms with van der Waals surface area (Å²) in [6.45, 7) is 6.77. The van der Waals surface area contributed by atoms with Crippen LogP contribution in [0.4, 0.5) is 14.6 Å². The van der Waals surface area contributed by atoms with Gasteiger partial charge in [0.15, 0.2) is 5.69 Å². The van der Waals surface area contributed by atoms with Crippen LogP contribution in [0.3, 0.4) is 0 Å². The van der Waals surface area contributed by atoms with E-state index >= 15 is 0 Å². The van der Waals surface area contributed by atoms with Gasteiger partial charge in [-0.25, -0.2) is 23.2 Å². The number of pyridine rings is 1. The summed E-state index contributed by atoms with van der Waals surface area (Å²) in [5.74, 6) is -3.47. The van der Waals surface area contributed by atoms with Crippen LogP contribution in [0.2, 0.25) is 0 Å². The smallest absolute Gasteiger partial charge is 0.360 e. The van der Waals surface area contributed by atoms with E-state index in [1.807, 2.05) is 17.0 Å². The Bertz CT molecular complexity index is 884. The van der Waals surface area contributed by atoms with E-state index in [0.29, 0.717) is 31.1 Å². The fourth-order valence-electron chi connectivity index (χ4n) is 3.52. The van der Waals surface area contributed by atoms with E-state index in [1.165, 1.54) is 10.9 Å². The summed E-state index contributed by atoms with van der Waals surface area (Å²) < 4.78 is 33.2. The largest absolute Gasteiger partial charge is 0.461 e. The van der Waals surface area contributed by atoms with Gasteiger partial charge in [-0.1, -0.05) is 17.9 Å². The minimum absolute atomic E-state index is 0.138. The summed E-state index contributed by atoms with van der Waals surface area (Å²) in [4.78, 5) is 18.1. The molecule has 4 rings (SSSR count). The predicted octanol–water partition coefficient (Wildman–Crippen LogP) is 2.24. The highest BCUT2D eigenvalue weighted by molar-refractivity contribution is 5.86. The van der Waals surface area contributed by atoms with Crippen molar-refractivity contribution in [1.29, 1.82) is 0 Å². The summed E-state index contributed by atoms with van der Waals surface area (Å²) >= 11 is 0. The van der Waals surface area contributed by atoms with Crippen molar-refractivity contribution in [1.82, 2.24) is 20.0 Å². The van der Waals surface area contributed by atoms with Crippen molar-refractivity contribution in [3.05, 3.63) is 41.9 Å². The Morgan fingerprint density at radius 3 is 2.81 bits per heavy atom. The summed E-state index contributed by atoms with van der Waals surface area (Å²) in [6, 6.07) is 3.68. The number of esters is 1. The zero-order valence-corrected chi connectivity index (χ0v) is 14.8. The number of rotatable bonds is 6. The fourth-order valence-corrected chi connectivity index (χ4v) is 3.52. The van der Waals surface area contributed by atoms with Crippen LogP contribution in [0.15, 0.2) is 24.9 Å². The monoisotopic (exact) mass is 375 g/mol. The van der Waals surface area contributed by atoms with Crippen LogP contribution in [0.5, 0.6) is 0 Å². The van der Waals surface area contributed by atoms with Gasteiger partial charge in [-0.05, 0) is 24.6 Å². The number of nitrogens with zero attached hydrogens (tertiary/aromatic N) is 5. The van der Waals surface area contributed by atoms with Gasteiger partial charge in [-0.3, -0.25) is 0 Å². The topological polar surface area (TPSA) is 73.1 Å². The van der Waals surface area contributed by atoms with Gasteiger partial charge in [-0.2, -0.15) is 0 Å². The average molecular weight is 375 g/mol. The van der Waals surface area contributed by atoms with Crippen LogP contribution in [-0.2, 0) is 11.3 Å². The lowest BCUT2D eigenvalue weighted by Crippen LogP contribution is -2.28. The predicted molar refractivity (Wildman–Crippen MR) is 93.5 cm³/mol. The van der Waals surface area contributed by atoms with Crippen molar-refractivity contribution >= 4 is 17.9 Å². The maximum absolute atomic E-state index is 13.4. The lowest BCUT2D eigenvalue weighted by Gasteiger charge is -2.21. The molecule has 2 aromatic heterocycles. The molecule has 0 radical (unpaired) electrons. The van der Waals surface area contributed by atoms with Crippen LogP contribution in [0, 0.1) is 11.8 Å². The number of aromatic nitrogens is 4. The van der Waals surface area contributed by atoms with E-state index in [2.05, 4.69) is 21.9 Å². The number of piperidine rings is 1. The molecule has 1 saturated carbocycles. The van der Waals surface area contributed by atoms with E-state index in [-0.39, 0.29) is 12.3 Å². The Kier molecular flexibility index (Phi) is 4.16. The average Bonchev–Trinajstić information content (AvgIpc) is 3.11. The molecule has 2 atom stereocenters. The van der Waals surface area contributed by atoms with Gasteiger partial charge in [0.05, 0.1) is 36.9 Å². The first-order chi connectivity index (χ1) is 12.9. The van der Waals surface area contributed by atoms with Gasteiger partial charge in [0, 0.05) is 13.1 Å². The third-order valence-electron chi connectivity index (χ3n) is 5.07. The molecule has 1 aliphatic carbocycles. The molecular weight excluding hydrogens is 356 g/mol. The standard InChI is InChI=1S/C18H19F2N5O2/c1-3-14-11(7-25-10-15(22-23-25)17(26)27-4-2)5-6-16(21-14)24-8-12-13(9-24)18(12,19)20/h3,5-6,10,12-13H,1,4,7-9H2,2H3. The van der Waals surface area contributed by atoms with Gasteiger partial charge in [0.1, 0.15) is 5.82 Å². The molecule has 7 nitrogen and oxygen atoms in total. The normalized spacial score (nSPS) is 22.4. The first-order valence-electron chi connectivity index (χ1n) is 8.76. The van der Waals surface area contributed by atoms with Crippen LogP contribution in [0.25, 0.3) is 6.08 Å². The van der Waals surface area contributed by atoms with E-state index < -0.39 is 23.7 Å². The van der Waals surface area contributed by atoms with Crippen molar-refractivity contribution in [3.63, 3.8) is 0 Å². The summed E-state index contributed by atoms with van der Waals surface area (Å²) in [7, 11) is 0.